The Bertz CT molecular complexity index is 589. The molecule has 1 aliphatic rings. The summed E-state index contributed by atoms with van der Waals surface area (Å²) >= 11 is 0. The van der Waals surface area contributed by atoms with Crippen LogP contribution >= 0.6 is 0 Å². The van der Waals surface area contributed by atoms with Crippen LogP contribution in [-0.2, 0) is 0 Å². The minimum Gasteiger partial charge on any atom is -0.341 e. The third-order valence-electron chi connectivity index (χ3n) is 3.89. The van der Waals surface area contributed by atoms with E-state index in [1.807, 2.05) is 24.4 Å². The van der Waals surface area contributed by atoms with E-state index in [9.17, 15) is 0 Å². The van der Waals surface area contributed by atoms with Crippen LogP contribution in [-0.4, -0.2) is 29.1 Å². The Morgan fingerprint density at radius 2 is 1.90 bits per heavy atom. The van der Waals surface area contributed by atoms with Gasteiger partial charge in [-0.05, 0) is 31.4 Å². The maximum absolute atomic E-state index is 5.95. The maximum Gasteiger partial charge on any atom is 0.225 e. The number of aromatic nitrogens is 2. The van der Waals surface area contributed by atoms with E-state index in [0.29, 0.717) is 6.04 Å². The SMILES string of the molecule is Cc1ccccc1-c1ccnc(N2CCC(N)CC2)n1. The summed E-state index contributed by atoms with van der Waals surface area (Å²) in [6.45, 7) is 3.99. The van der Waals surface area contributed by atoms with Gasteiger partial charge in [-0.15, -0.1) is 0 Å². The molecule has 0 unspecified atom stereocenters. The highest BCUT2D eigenvalue weighted by Gasteiger charge is 2.18. The molecule has 1 saturated heterocycles. The van der Waals surface area contributed by atoms with E-state index in [4.69, 9.17) is 10.7 Å². The Balaban J connectivity index is 1.88. The molecule has 1 fully saturated rings. The van der Waals surface area contributed by atoms with E-state index in [-0.39, 0.29) is 0 Å². The zero-order valence-electron chi connectivity index (χ0n) is 11.8. The normalized spacial score (nSPS) is 16.4. The number of piperidine rings is 1. The van der Waals surface area contributed by atoms with Crippen LogP contribution in [0.3, 0.4) is 0 Å². The van der Waals surface area contributed by atoms with Gasteiger partial charge in [0.05, 0.1) is 5.69 Å². The fourth-order valence-electron chi connectivity index (χ4n) is 2.61. The molecule has 0 bridgehead atoms. The van der Waals surface area contributed by atoms with Crippen molar-refractivity contribution in [3.63, 3.8) is 0 Å². The van der Waals surface area contributed by atoms with Crippen LogP contribution in [0.4, 0.5) is 5.95 Å². The van der Waals surface area contributed by atoms with Crippen LogP contribution in [0.5, 0.6) is 0 Å². The van der Waals surface area contributed by atoms with E-state index < -0.39 is 0 Å². The van der Waals surface area contributed by atoms with Crippen molar-refractivity contribution in [1.82, 2.24) is 9.97 Å². The summed E-state index contributed by atoms with van der Waals surface area (Å²) in [5.74, 6) is 0.817. The first-order valence-electron chi connectivity index (χ1n) is 7.13. The largest absolute Gasteiger partial charge is 0.341 e. The zero-order chi connectivity index (χ0) is 13.9. The predicted octanol–water partition coefficient (Wildman–Crippen LogP) is 2.38. The zero-order valence-corrected chi connectivity index (χ0v) is 11.8. The topological polar surface area (TPSA) is 55.0 Å². The molecule has 2 N–H and O–H groups in total. The van der Waals surface area contributed by atoms with Crippen LogP contribution in [0.1, 0.15) is 18.4 Å². The molecule has 1 aliphatic heterocycles. The van der Waals surface area contributed by atoms with Gasteiger partial charge in [-0.1, -0.05) is 24.3 Å². The summed E-state index contributed by atoms with van der Waals surface area (Å²) in [7, 11) is 0. The molecule has 20 heavy (non-hydrogen) atoms. The van der Waals surface area contributed by atoms with Gasteiger partial charge in [0.15, 0.2) is 0 Å². The van der Waals surface area contributed by atoms with Crippen LogP contribution in [0.15, 0.2) is 36.5 Å². The van der Waals surface area contributed by atoms with Crippen LogP contribution < -0.4 is 10.6 Å². The molecular formula is C16H20N4. The van der Waals surface area contributed by atoms with Gasteiger partial charge in [0.1, 0.15) is 0 Å². The molecule has 1 aromatic heterocycles. The van der Waals surface area contributed by atoms with Crippen LogP contribution in [0.2, 0.25) is 0 Å². The molecular weight excluding hydrogens is 248 g/mol. The molecule has 4 nitrogen and oxygen atoms in total. The van der Waals surface area contributed by atoms with Crippen molar-refractivity contribution in [2.75, 3.05) is 18.0 Å². The van der Waals surface area contributed by atoms with Crippen molar-refractivity contribution in [1.29, 1.82) is 0 Å². The summed E-state index contributed by atoms with van der Waals surface area (Å²) in [6.07, 6.45) is 3.87. The molecule has 0 amide bonds. The number of hydrogen-bond acceptors (Lipinski definition) is 4. The Hall–Kier alpha value is -1.94. The van der Waals surface area contributed by atoms with E-state index >= 15 is 0 Å². The number of benzene rings is 1. The summed E-state index contributed by atoms with van der Waals surface area (Å²) in [6, 6.07) is 10.6. The molecule has 1 aromatic carbocycles. The lowest BCUT2D eigenvalue weighted by molar-refractivity contribution is 0.495. The standard InChI is InChI=1S/C16H20N4/c1-12-4-2-3-5-14(12)15-6-9-18-16(19-15)20-10-7-13(17)8-11-20/h2-6,9,13H,7-8,10-11,17H2,1H3. The van der Waals surface area contributed by atoms with E-state index in [1.165, 1.54) is 11.1 Å². The summed E-state index contributed by atoms with van der Waals surface area (Å²) in [4.78, 5) is 11.4. The summed E-state index contributed by atoms with van der Waals surface area (Å²) in [5.41, 5.74) is 9.34. The van der Waals surface area contributed by atoms with Gasteiger partial charge in [-0.25, -0.2) is 9.97 Å². The highest BCUT2D eigenvalue weighted by atomic mass is 15.3. The van der Waals surface area contributed by atoms with Crippen molar-refractivity contribution in [3.8, 4) is 11.3 Å². The summed E-state index contributed by atoms with van der Waals surface area (Å²) < 4.78 is 0. The Morgan fingerprint density at radius 1 is 1.15 bits per heavy atom. The molecule has 4 heteroatoms. The number of rotatable bonds is 2. The first-order chi connectivity index (χ1) is 9.74. The van der Waals surface area contributed by atoms with Crippen molar-refractivity contribution in [2.45, 2.75) is 25.8 Å². The lowest BCUT2D eigenvalue weighted by Crippen LogP contribution is -2.40. The van der Waals surface area contributed by atoms with Crippen LogP contribution in [0, 0.1) is 6.92 Å². The van der Waals surface area contributed by atoms with Crippen molar-refractivity contribution >= 4 is 5.95 Å². The highest BCUT2D eigenvalue weighted by Crippen LogP contribution is 2.23. The van der Waals surface area contributed by atoms with Gasteiger partial charge in [-0.2, -0.15) is 0 Å². The van der Waals surface area contributed by atoms with E-state index in [1.54, 1.807) is 0 Å². The molecule has 104 valence electrons. The fourth-order valence-corrected chi connectivity index (χ4v) is 2.61. The first-order valence-corrected chi connectivity index (χ1v) is 7.13. The lowest BCUT2D eigenvalue weighted by atomic mass is 10.1. The molecule has 0 saturated carbocycles. The van der Waals surface area contributed by atoms with Gasteiger partial charge in [0.25, 0.3) is 0 Å². The van der Waals surface area contributed by atoms with Crippen molar-refractivity contribution in [2.24, 2.45) is 5.73 Å². The van der Waals surface area contributed by atoms with E-state index in [2.05, 4.69) is 28.9 Å². The Labute approximate surface area is 119 Å². The Morgan fingerprint density at radius 3 is 2.65 bits per heavy atom. The number of hydrogen-bond donors (Lipinski definition) is 1. The quantitative estimate of drug-likeness (QED) is 0.908. The second-order valence-corrected chi connectivity index (χ2v) is 5.38. The van der Waals surface area contributed by atoms with E-state index in [0.717, 1.165) is 37.6 Å². The third-order valence-corrected chi connectivity index (χ3v) is 3.89. The average Bonchev–Trinajstić information content (AvgIpc) is 2.49. The molecule has 0 aliphatic carbocycles. The van der Waals surface area contributed by atoms with Crippen LogP contribution in [0.25, 0.3) is 11.3 Å². The second-order valence-electron chi connectivity index (χ2n) is 5.38. The molecule has 3 rings (SSSR count). The van der Waals surface area contributed by atoms with Crippen molar-refractivity contribution < 1.29 is 0 Å². The monoisotopic (exact) mass is 268 g/mol. The van der Waals surface area contributed by atoms with Gasteiger partial charge < -0.3 is 10.6 Å². The number of nitrogens with two attached hydrogens (primary N) is 1. The maximum atomic E-state index is 5.95. The van der Waals surface area contributed by atoms with Gasteiger partial charge >= 0.3 is 0 Å². The average molecular weight is 268 g/mol. The number of anilines is 1. The molecule has 0 radical (unpaired) electrons. The second kappa shape index (κ2) is 5.59. The lowest BCUT2D eigenvalue weighted by Gasteiger charge is -2.30. The molecule has 0 atom stereocenters. The number of nitrogens with zero attached hydrogens (tertiary/aromatic N) is 3. The van der Waals surface area contributed by atoms with Crippen molar-refractivity contribution in [3.05, 3.63) is 42.1 Å². The first kappa shape index (κ1) is 13.1. The van der Waals surface area contributed by atoms with Gasteiger partial charge in [-0.3, -0.25) is 0 Å². The Kier molecular flexibility index (Phi) is 3.65. The fraction of sp³-hybridized carbons (Fsp3) is 0.375. The third kappa shape index (κ3) is 2.65. The number of aryl methyl sites for hydroxylation is 1. The molecule has 2 aromatic rings. The molecule has 0 spiro atoms. The predicted molar refractivity (Wildman–Crippen MR) is 81.6 cm³/mol. The minimum absolute atomic E-state index is 0.325. The van der Waals surface area contributed by atoms with Gasteiger partial charge in [0.2, 0.25) is 5.95 Å². The van der Waals surface area contributed by atoms with Gasteiger partial charge in [0, 0.05) is 30.9 Å². The summed E-state index contributed by atoms with van der Waals surface area (Å²) in [5, 5.41) is 0. The smallest absolute Gasteiger partial charge is 0.225 e. The highest BCUT2D eigenvalue weighted by molar-refractivity contribution is 5.64. The minimum atomic E-state index is 0.325. The molecule has 2 heterocycles.